The summed E-state index contributed by atoms with van der Waals surface area (Å²) < 4.78 is 0. The first-order chi connectivity index (χ1) is 7.29. The standard InChI is InChI=1S/C11H17N3O/c1-2-9-4-3-5-14(8-9)10-6-11(15)13-12-7-10/h6-7,9H,2-5,8H2,1H3,(H,13,15). The minimum Gasteiger partial charge on any atom is -0.370 e. The van der Waals surface area contributed by atoms with Crippen LogP contribution in [-0.4, -0.2) is 23.3 Å². The number of nitrogens with zero attached hydrogens (tertiary/aromatic N) is 2. The van der Waals surface area contributed by atoms with Gasteiger partial charge in [-0.15, -0.1) is 0 Å². The van der Waals surface area contributed by atoms with Crippen molar-refractivity contribution in [2.45, 2.75) is 26.2 Å². The molecule has 82 valence electrons. The summed E-state index contributed by atoms with van der Waals surface area (Å²) in [5.74, 6) is 0.762. The van der Waals surface area contributed by atoms with Gasteiger partial charge in [0, 0.05) is 19.2 Å². The van der Waals surface area contributed by atoms with E-state index in [0.29, 0.717) is 0 Å². The van der Waals surface area contributed by atoms with Crippen LogP contribution in [-0.2, 0) is 0 Å². The first-order valence-electron chi connectivity index (χ1n) is 5.59. The Balaban J connectivity index is 2.13. The van der Waals surface area contributed by atoms with Crippen LogP contribution in [0.5, 0.6) is 0 Å². The van der Waals surface area contributed by atoms with Crippen LogP contribution in [0.2, 0.25) is 0 Å². The molecule has 0 bridgehead atoms. The highest BCUT2D eigenvalue weighted by atomic mass is 16.1. The van der Waals surface area contributed by atoms with E-state index in [1.165, 1.54) is 19.3 Å². The van der Waals surface area contributed by atoms with Crippen molar-refractivity contribution in [2.24, 2.45) is 5.92 Å². The average Bonchev–Trinajstić information content (AvgIpc) is 2.29. The molecular weight excluding hydrogens is 190 g/mol. The van der Waals surface area contributed by atoms with E-state index in [9.17, 15) is 4.79 Å². The average molecular weight is 207 g/mol. The Hall–Kier alpha value is -1.32. The topological polar surface area (TPSA) is 49.0 Å². The summed E-state index contributed by atoms with van der Waals surface area (Å²) in [5, 5.41) is 6.23. The summed E-state index contributed by atoms with van der Waals surface area (Å²) in [4.78, 5) is 13.4. The Morgan fingerprint density at radius 1 is 1.67 bits per heavy atom. The fourth-order valence-electron chi connectivity index (χ4n) is 2.17. The van der Waals surface area contributed by atoms with Gasteiger partial charge in [-0.05, 0) is 18.8 Å². The van der Waals surface area contributed by atoms with Crippen LogP contribution in [0, 0.1) is 5.92 Å². The van der Waals surface area contributed by atoms with Gasteiger partial charge in [-0.1, -0.05) is 13.3 Å². The summed E-state index contributed by atoms with van der Waals surface area (Å²) in [5.41, 5.74) is 0.836. The van der Waals surface area contributed by atoms with Crippen LogP contribution in [0.3, 0.4) is 0 Å². The van der Waals surface area contributed by atoms with E-state index in [1.54, 1.807) is 12.3 Å². The monoisotopic (exact) mass is 207 g/mol. The molecule has 15 heavy (non-hydrogen) atoms. The first kappa shape index (κ1) is 10.2. The molecule has 1 aliphatic rings. The molecule has 1 aliphatic heterocycles. The van der Waals surface area contributed by atoms with Gasteiger partial charge < -0.3 is 4.90 Å². The normalized spacial score (nSPS) is 21.7. The van der Waals surface area contributed by atoms with Crippen molar-refractivity contribution in [3.05, 3.63) is 22.6 Å². The minimum atomic E-state index is -0.119. The van der Waals surface area contributed by atoms with E-state index in [1.807, 2.05) is 0 Å². The lowest BCUT2D eigenvalue weighted by molar-refractivity contribution is 0.404. The fraction of sp³-hybridized carbons (Fsp3) is 0.636. The third-order valence-electron chi connectivity index (χ3n) is 3.11. The van der Waals surface area contributed by atoms with Crippen LogP contribution >= 0.6 is 0 Å². The highest BCUT2D eigenvalue weighted by molar-refractivity contribution is 5.43. The molecule has 4 nitrogen and oxygen atoms in total. The van der Waals surface area contributed by atoms with Gasteiger partial charge >= 0.3 is 0 Å². The number of hydrogen-bond donors (Lipinski definition) is 1. The lowest BCUT2D eigenvalue weighted by atomic mass is 9.95. The van der Waals surface area contributed by atoms with Crippen molar-refractivity contribution < 1.29 is 0 Å². The number of piperidine rings is 1. The molecule has 4 heteroatoms. The van der Waals surface area contributed by atoms with Crippen molar-refractivity contribution in [2.75, 3.05) is 18.0 Å². The van der Waals surface area contributed by atoms with Crippen LogP contribution in [0.4, 0.5) is 5.69 Å². The lowest BCUT2D eigenvalue weighted by Gasteiger charge is -2.33. The molecule has 1 atom stereocenters. The summed E-state index contributed by atoms with van der Waals surface area (Å²) >= 11 is 0. The van der Waals surface area contributed by atoms with Gasteiger partial charge in [0.25, 0.3) is 5.56 Å². The number of aromatic amines is 1. The van der Waals surface area contributed by atoms with Crippen LogP contribution in [0.1, 0.15) is 26.2 Å². The Morgan fingerprint density at radius 3 is 3.27 bits per heavy atom. The fourth-order valence-corrected chi connectivity index (χ4v) is 2.17. The predicted molar refractivity (Wildman–Crippen MR) is 60.1 cm³/mol. The molecule has 0 aliphatic carbocycles. The summed E-state index contributed by atoms with van der Waals surface area (Å²) in [6.45, 7) is 4.33. The van der Waals surface area contributed by atoms with Crippen molar-refractivity contribution in [3.8, 4) is 0 Å². The van der Waals surface area contributed by atoms with E-state index in [0.717, 1.165) is 24.7 Å². The number of H-pyrrole nitrogens is 1. The van der Waals surface area contributed by atoms with E-state index < -0.39 is 0 Å². The van der Waals surface area contributed by atoms with Crippen LogP contribution < -0.4 is 10.5 Å². The SMILES string of the molecule is CCC1CCCN(c2cn[nH]c(=O)c2)C1. The Bertz CT molecular complexity index is 374. The molecule has 0 radical (unpaired) electrons. The highest BCUT2D eigenvalue weighted by Gasteiger charge is 2.18. The van der Waals surface area contributed by atoms with Gasteiger partial charge in [-0.2, -0.15) is 5.10 Å². The van der Waals surface area contributed by atoms with Crippen molar-refractivity contribution in [3.63, 3.8) is 0 Å². The predicted octanol–water partition coefficient (Wildman–Crippen LogP) is 1.40. The molecule has 1 aromatic rings. The Morgan fingerprint density at radius 2 is 2.53 bits per heavy atom. The Labute approximate surface area is 89.3 Å². The molecule has 0 saturated carbocycles. The molecule has 1 unspecified atom stereocenters. The van der Waals surface area contributed by atoms with Crippen molar-refractivity contribution >= 4 is 5.69 Å². The molecule has 1 N–H and O–H groups in total. The molecule has 0 amide bonds. The maximum atomic E-state index is 11.1. The number of nitrogens with one attached hydrogen (secondary N) is 1. The molecule has 0 spiro atoms. The third-order valence-corrected chi connectivity index (χ3v) is 3.11. The number of hydrogen-bond acceptors (Lipinski definition) is 3. The molecule has 1 fully saturated rings. The van der Waals surface area contributed by atoms with E-state index in [4.69, 9.17) is 0 Å². The summed E-state index contributed by atoms with van der Waals surface area (Å²) in [7, 11) is 0. The molecule has 1 saturated heterocycles. The smallest absolute Gasteiger partial charge is 0.266 e. The van der Waals surface area contributed by atoms with Crippen molar-refractivity contribution in [1.29, 1.82) is 0 Å². The number of aromatic nitrogens is 2. The molecule has 0 aromatic carbocycles. The number of rotatable bonds is 2. The quantitative estimate of drug-likeness (QED) is 0.797. The maximum absolute atomic E-state index is 11.1. The largest absolute Gasteiger partial charge is 0.370 e. The van der Waals surface area contributed by atoms with Gasteiger partial charge in [-0.3, -0.25) is 4.79 Å². The van der Waals surface area contributed by atoms with Crippen LogP contribution in [0.15, 0.2) is 17.1 Å². The maximum Gasteiger partial charge on any atom is 0.266 e. The first-order valence-corrected chi connectivity index (χ1v) is 5.59. The zero-order valence-corrected chi connectivity index (χ0v) is 9.07. The summed E-state index contributed by atoms with van der Waals surface area (Å²) in [6, 6.07) is 1.63. The zero-order valence-electron chi connectivity index (χ0n) is 9.07. The second kappa shape index (κ2) is 4.47. The van der Waals surface area contributed by atoms with Crippen LogP contribution in [0.25, 0.3) is 0 Å². The summed E-state index contributed by atoms with van der Waals surface area (Å²) in [6.07, 6.45) is 5.47. The minimum absolute atomic E-state index is 0.119. The molecular formula is C11H17N3O. The second-order valence-corrected chi connectivity index (χ2v) is 4.17. The second-order valence-electron chi connectivity index (χ2n) is 4.17. The van der Waals surface area contributed by atoms with Gasteiger partial charge in [0.05, 0.1) is 11.9 Å². The van der Waals surface area contributed by atoms with E-state index >= 15 is 0 Å². The zero-order chi connectivity index (χ0) is 10.7. The van der Waals surface area contributed by atoms with Gasteiger partial charge in [-0.25, -0.2) is 5.10 Å². The highest BCUT2D eigenvalue weighted by Crippen LogP contribution is 2.23. The van der Waals surface area contributed by atoms with Gasteiger partial charge in [0.15, 0.2) is 0 Å². The van der Waals surface area contributed by atoms with Gasteiger partial charge in [0.1, 0.15) is 0 Å². The van der Waals surface area contributed by atoms with Crippen molar-refractivity contribution in [1.82, 2.24) is 10.2 Å². The van der Waals surface area contributed by atoms with E-state index in [-0.39, 0.29) is 5.56 Å². The molecule has 1 aromatic heterocycles. The third kappa shape index (κ3) is 2.37. The lowest BCUT2D eigenvalue weighted by Crippen LogP contribution is -2.35. The number of anilines is 1. The molecule has 2 rings (SSSR count). The molecule has 2 heterocycles. The Kier molecular flexibility index (Phi) is 3.04. The van der Waals surface area contributed by atoms with E-state index in [2.05, 4.69) is 22.0 Å². The van der Waals surface area contributed by atoms with Gasteiger partial charge in [0.2, 0.25) is 0 Å².